The number of aromatic nitrogens is 3. The van der Waals surface area contributed by atoms with Crippen molar-refractivity contribution in [3.8, 4) is 34.0 Å². The molecule has 0 saturated heterocycles. The number of carbonyl (C=O) groups excluding carboxylic acids is 2. The summed E-state index contributed by atoms with van der Waals surface area (Å²) in [6.07, 6.45) is 0. The first-order valence-electron chi connectivity index (χ1n) is 12.5. The normalized spacial score (nSPS) is 10.7. The van der Waals surface area contributed by atoms with Crippen LogP contribution in [0.25, 0.3) is 22.5 Å². The molecule has 0 spiro atoms. The van der Waals surface area contributed by atoms with E-state index < -0.39 is 11.8 Å². The first kappa shape index (κ1) is 27.0. The van der Waals surface area contributed by atoms with Gasteiger partial charge in [-0.25, -0.2) is 15.0 Å². The van der Waals surface area contributed by atoms with E-state index in [1.807, 2.05) is 73.1 Å². The molecule has 0 saturated carbocycles. The summed E-state index contributed by atoms with van der Waals surface area (Å²) < 4.78 is 11.0. The van der Waals surface area contributed by atoms with Crippen LogP contribution in [0.3, 0.4) is 0 Å². The molecule has 0 atom stereocenters. The fraction of sp³-hybridized carbons (Fsp3) is 0.138. The van der Waals surface area contributed by atoms with E-state index in [9.17, 15) is 9.59 Å². The zero-order valence-electron chi connectivity index (χ0n) is 21.7. The van der Waals surface area contributed by atoms with Gasteiger partial charge in [0, 0.05) is 21.9 Å². The molecule has 0 aliphatic heterocycles. The van der Waals surface area contributed by atoms with Crippen molar-refractivity contribution in [2.75, 3.05) is 23.8 Å². The van der Waals surface area contributed by atoms with Gasteiger partial charge in [-0.2, -0.15) is 0 Å². The molecule has 2 N–H and O–H groups in total. The first-order valence-corrected chi connectivity index (χ1v) is 14.3. The van der Waals surface area contributed by atoms with Gasteiger partial charge in [-0.15, -0.1) is 22.7 Å². The lowest BCUT2D eigenvalue weighted by Gasteiger charge is -2.05. The quantitative estimate of drug-likeness (QED) is 0.193. The van der Waals surface area contributed by atoms with Gasteiger partial charge in [0.15, 0.2) is 10.3 Å². The number of nitrogens with zero attached hydrogens (tertiary/aromatic N) is 3. The smallest absolute Gasteiger partial charge is 0.276 e. The highest BCUT2D eigenvalue weighted by atomic mass is 32.1. The van der Waals surface area contributed by atoms with Gasteiger partial charge >= 0.3 is 0 Å². The third-order valence-corrected chi connectivity index (χ3v) is 7.10. The Bertz CT molecular complexity index is 1500. The Balaban J connectivity index is 1.21. The zero-order chi connectivity index (χ0) is 27.9. The van der Waals surface area contributed by atoms with Crippen LogP contribution in [0.1, 0.15) is 34.8 Å². The fourth-order valence-corrected chi connectivity index (χ4v) is 5.14. The van der Waals surface area contributed by atoms with Gasteiger partial charge in [-0.1, -0.05) is 6.07 Å². The number of pyridine rings is 1. The Morgan fingerprint density at radius 3 is 1.48 bits per heavy atom. The zero-order valence-corrected chi connectivity index (χ0v) is 23.3. The molecule has 5 rings (SSSR count). The minimum absolute atomic E-state index is 0.0969. The molecular formula is C29H25N5O4S2. The fourth-order valence-electron chi connectivity index (χ4n) is 3.71. The maximum atomic E-state index is 12.9. The molecule has 0 bridgehead atoms. The highest BCUT2D eigenvalue weighted by Crippen LogP contribution is 2.28. The van der Waals surface area contributed by atoms with E-state index in [4.69, 9.17) is 9.47 Å². The highest BCUT2D eigenvalue weighted by Gasteiger charge is 2.16. The molecule has 0 unspecified atom stereocenters. The van der Waals surface area contributed by atoms with E-state index in [1.165, 1.54) is 22.7 Å². The van der Waals surface area contributed by atoms with Crippen molar-refractivity contribution in [2.24, 2.45) is 0 Å². The Kier molecular flexibility index (Phi) is 8.43. The molecule has 0 aliphatic rings. The van der Waals surface area contributed by atoms with Crippen LogP contribution in [-0.2, 0) is 0 Å². The second-order valence-corrected chi connectivity index (χ2v) is 10.0. The van der Waals surface area contributed by atoms with Crippen LogP contribution in [0.2, 0.25) is 0 Å². The van der Waals surface area contributed by atoms with Gasteiger partial charge < -0.3 is 9.47 Å². The lowest BCUT2D eigenvalue weighted by atomic mass is 10.2. The minimum Gasteiger partial charge on any atom is -0.494 e. The Hall–Kier alpha value is -4.61. The van der Waals surface area contributed by atoms with Crippen molar-refractivity contribution < 1.29 is 19.1 Å². The third-order valence-electron chi connectivity index (χ3n) is 5.59. The molecule has 2 amide bonds. The number of amides is 2. The lowest BCUT2D eigenvalue weighted by molar-refractivity contribution is 0.101. The van der Waals surface area contributed by atoms with Crippen molar-refractivity contribution in [1.29, 1.82) is 0 Å². The molecule has 0 fully saturated rings. The number of ether oxygens (including phenoxy) is 2. The number of carbonyl (C=O) groups is 2. The predicted molar refractivity (Wildman–Crippen MR) is 158 cm³/mol. The van der Waals surface area contributed by atoms with Crippen molar-refractivity contribution in [1.82, 2.24) is 15.0 Å². The Morgan fingerprint density at radius 1 is 0.650 bits per heavy atom. The van der Waals surface area contributed by atoms with Crippen LogP contribution in [0.15, 0.2) is 77.5 Å². The second kappa shape index (κ2) is 12.5. The van der Waals surface area contributed by atoms with Crippen LogP contribution in [0.4, 0.5) is 10.3 Å². The summed E-state index contributed by atoms with van der Waals surface area (Å²) >= 11 is 2.60. The van der Waals surface area contributed by atoms with Crippen LogP contribution >= 0.6 is 22.7 Å². The standard InChI is InChI=1S/C29H25N5O4S2/c1-3-37-20-12-8-18(9-13-20)24-16-39-28(31-24)33-26(35)22-6-5-7-23(30-22)27(36)34-29-32-25(17-40-29)19-10-14-21(15-11-19)38-4-2/h5-17H,3-4H2,1-2H3,(H,31,33,35)(H,32,34,36). The summed E-state index contributed by atoms with van der Waals surface area (Å²) in [5.74, 6) is 0.643. The largest absolute Gasteiger partial charge is 0.494 e. The number of hydrogen-bond donors (Lipinski definition) is 2. The van der Waals surface area contributed by atoms with E-state index >= 15 is 0 Å². The van der Waals surface area contributed by atoms with Crippen molar-refractivity contribution in [3.63, 3.8) is 0 Å². The van der Waals surface area contributed by atoms with E-state index in [2.05, 4.69) is 25.6 Å². The second-order valence-electron chi connectivity index (χ2n) is 8.31. The van der Waals surface area contributed by atoms with Gasteiger partial charge in [0.05, 0.1) is 24.6 Å². The molecule has 202 valence electrons. The monoisotopic (exact) mass is 571 g/mol. The molecule has 2 aromatic carbocycles. The molecule has 5 aromatic rings. The van der Waals surface area contributed by atoms with Gasteiger partial charge in [0.2, 0.25) is 0 Å². The molecule has 3 aromatic heterocycles. The van der Waals surface area contributed by atoms with Crippen LogP contribution in [0.5, 0.6) is 11.5 Å². The summed E-state index contributed by atoms with van der Waals surface area (Å²) in [5.41, 5.74) is 3.48. The minimum atomic E-state index is -0.464. The Morgan fingerprint density at radius 2 is 1.07 bits per heavy atom. The average molecular weight is 572 g/mol. The molecule has 9 nitrogen and oxygen atoms in total. The Labute approximate surface area is 238 Å². The van der Waals surface area contributed by atoms with E-state index in [-0.39, 0.29) is 11.4 Å². The summed E-state index contributed by atoms with van der Waals surface area (Å²) in [6, 6.07) is 19.9. The molecule has 40 heavy (non-hydrogen) atoms. The summed E-state index contributed by atoms with van der Waals surface area (Å²) in [4.78, 5) is 39.0. The molecule has 3 heterocycles. The average Bonchev–Trinajstić information content (AvgIpc) is 3.64. The highest BCUT2D eigenvalue weighted by molar-refractivity contribution is 7.14. The van der Waals surface area contributed by atoms with Gasteiger partial charge in [0.25, 0.3) is 11.8 Å². The number of rotatable bonds is 10. The van der Waals surface area contributed by atoms with Gasteiger partial charge in [-0.3, -0.25) is 20.2 Å². The van der Waals surface area contributed by atoms with E-state index in [0.717, 1.165) is 34.0 Å². The van der Waals surface area contributed by atoms with Crippen LogP contribution < -0.4 is 20.1 Å². The number of benzene rings is 2. The van der Waals surface area contributed by atoms with E-state index in [0.29, 0.717) is 23.5 Å². The maximum Gasteiger partial charge on any atom is 0.276 e. The first-order chi connectivity index (χ1) is 19.5. The predicted octanol–water partition coefficient (Wildman–Crippen LogP) is 6.63. The van der Waals surface area contributed by atoms with Crippen LogP contribution in [-0.4, -0.2) is 40.0 Å². The molecule has 11 heteroatoms. The molecule has 0 aliphatic carbocycles. The summed E-state index contributed by atoms with van der Waals surface area (Å²) in [6.45, 7) is 5.06. The molecular weight excluding hydrogens is 546 g/mol. The lowest BCUT2D eigenvalue weighted by Crippen LogP contribution is -2.18. The van der Waals surface area contributed by atoms with Crippen molar-refractivity contribution in [3.05, 3.63) is 88.9 Å². The number of hydrogen-bond acceptors (Lipinski definition) is 9. The third kappa shape index (κ3) is 6.50. The maximum absolute atomic E-state index is 12.9. The number of anilines is 2. The SMILES string of the molecule is CCOc1ccc(-c2csc(NC(=O)c3cccc(C(=O)Nc4nc(-c5ccc(OCC)cc5)cs4)n3)n2)cc1. The summed E-state index contributed by atoms with van der Waals surface area (Å²) in [5, 5.41) is 10.1. The molecule has 0 radical (unpaired) electrons. The van der Waals surface area contributed by atoms with Crippen molar-refractivity contribution in [2.45, 2.75) is 13.8 Å². The van der Waals surface area contributed by atoms with Crippen molar-refractivity contribution >= 4 is 44.8 Å². The van der Waals surface area contributed by atoms with Crippen LogP contribution in [0, 0.1) is 0 Å². The van der Waals surface area contributed by atoms with E-state index in [1.54, 1.807) is 18.2 Å². The number of nitrogens with one attached hydrogen (secondary N) is 2. The number of thiazole rings is 2. The van der Waals surface area contributed by atoms with Gasteiger partial charge in [-0.05, 0) is 74.5 Å². The summed E-state index contributed by atoms with van der Waals surface area (Å²) in [7, 11) is 0. The van der Waals surface area contributed by atoms with Gasteiger partial charge in [0.1, 0.15) is 22.9 Å². The topological polar surface area (TPSA) is 115 Å².